The summed E-state index contributed by atoms with van der Waals surface area (Å²) in [6.07, 6.45) is 1.09. The second kappa shape index (κ2) is 12.5. The Labute approximate surface area is 253 Å². The predicted molar refractivity (Wildman–Crippen MR) is 167 cm³/mol. The average molecular weight is 597 g/mol. The van der Waals surface area contributed by atoms with Crippen molar-refractivity contribution < 1.29 is 14.0 Å². The molecule has 2 amide bonds. The van der Waals surface area contributed by atoms with Crippen LogP contribution in [-0.2, 0) is 11.3 Å². The van der Waals surface area contributed by atoms with Crippen molar-refractivity contribution >= 4 is 45.6 Å². The van der Waals surface area contributed by atoms with Gasteiger partial charge in [-0.25, -0.2) is 9.37 Å². The van der Waals surface area contributed by atoms with E-state index in [1.165, 1.54) is 41.6 Å². The lowest BCUT2D eigenvalue weighted by Crippen LogP contribution is -2.55. The molecule has 5 aromatic rings. The molecule has 1 atom stereocenters. The monoisotopic (exact) mass is 596 g/mol. The van der Waals surface area contributed by atoms with E-state index in [1.54, 1.807) is 4.90 Å². The molecule has 6 rings (SSSR count). The van der Waals surface area contributed by atoms with Crippen LogP contribution in [0.1, 0.15) is 41.3 Å². The lowest BCUT2D eigenvalue weighted by Gasteiger charge is -2.40. The van der Waals surface area contributed by atoms with E-state index in [0.717, 1.165) is 27.6 Å². The Morgan fingerprint density at radius 2 is 1.79 bits per heavy atom. The molecule has 220 valence electrons. The fourth-order valence-electron chi connectivity index (χ4n) is 5.63. The second-order valence-electron chi connectivity index (χ2n) is 11.0. The lowest BCUT2D eigenvalue weighted by molar-refractivity contribution is -0.133. The van der Waals surface area contributed by atoms with E-state index in [1.807, 2.05) is 30.0 Å². The number of halogens is 1. The number of rotatable bonds is 8. The smallest absolute Gasteiger partial charge is 0.254 e. The van der Waals surface area contributed by atoms with Crippen molar-refractivity contribution in [2.24, 2.45) is 0 Å². The highest BCUT2D eigenvalue weighted by Crippen LogP contribution is 2.29. The van der Waals surface area contributed by atoms with Crippen molar-refractivity contribution in [3.05, 3.63) is 95.3 Å². The van der Waals surface area contributed by atoms with Crippen LogP contribution in [0.15, 0.2) is 78.0 Å². The molecule has 8 nitrogen and oxygen atoms in total. The molecule has 1 unspecified atom stereocenters. The number of fused-ring (bicyclic) bond motifs is 3. The predicted octanol–water partition coefficient (Wildman–Crippen LogP) is 5.72. The van der Waals surface area contributed by atoms with Crippen LogP contribution in [0.25, 0.3) is 22.1 Å². The van der Waals surface area contributed by atoms with Crippen molar-refractivity contribution in [3.63, 3.8) is 0 Å². The Balaban J connectivity index is 1.06. The molecule has 0 spiro atoms. The van der Waals surface area contributed by atoms with E-state index in [-0.39, 0.29) is 23.7 Å². The highest BCUT2D eigenvalue weighted by molar-refractivity contribution is 7.99. The third kappa shape index (κ3) is 6.24. The number of benzene rings is 3. The first-order valence-corrected chi connectivity index (χ1v) is 15.5. The molecule has 1 saturated heterocycles. The standard InChI is InChI=1S/C33H33FN6O2S/c1-22-10-15-28-27(19-22)30-31(40(28)21-24-7-4-3-5-8-24)35-33(37-36-30)43-18-6-9-29(41)38-16-17-39(23(2)20-38)32(42)25-11-13-26(34)14-12-25/h3-5,7-8,10-15,19,23H,6,9,16-18,20-21H2,1-2H3. The molecule has 1 fully saturated rings. The van der Waals surface area contributed by atoms with Gasteiger partial charge in [-0.15, -0.1) is 10.2 Å². The third-order valence-electron chi connectivity index (χ3n) is 7.88. The van der Waals surface area contributed by atoms with E-state index in [2.05, 4.69) is 52.0 Å². The Bertz CT molecular complexity index is 1780. The van der Waals surface area contributed by atoms with E-state index >= 15 is 0 Å². The minimum atomic E-state index is -0.372. The Morgan fingerprint density at radius 3 is 2.56 bits per heavy atom. The summed E-state index contributed by atoms with van der Waals surface area (Å²) in [5, 5.41) is 10.6. The first-order valence-electron chi connectivity index (χ1n) is 14.5. The Hall–Kier alpha value is -4.31. The summed E-state index contributed by atoms with van der Waals surface area (Å²) in [6, 6.07) is 22.1. The number of hydrogen-bond acceptors (Lipinski definition) is 6. The molecule has 2 aromatic heterocycles. The van der Waals surface area contributed by atoms with Crippen LogP contribution in [0.2, 0.25) is 0 Å². The number of hydrogen-bond donors (Lipinski definition) is 0. The Kier molecular flexibility index (Phi) is 8.38. The molecular weight excluding hydrogens is 563 g/mol. The van der Waals surface area contributed by atoms with Crippen LogP contribution >= 0.6 is 11.8 Å². The SMILES string of the molecule is Cc1ccc2c(c1)c1nnc(SCCCC(=O)N3CCN(C(=O)c4ccc(F)cc4)C(C)C3)nc1n2Cc1ccccc1. The molecule has 0 bridgehead atoms. The molecular formula is C33H33FN6O2S. The molecule has 43 heavy (non-hydrogen) atoms. The van der Waals surface area contributed by atoms with Crippen molar-refractivity contribution in [1.82, 2.24) is 29.5 Å². The van der Waals surface area contributed by atoms with Crippen molar-refractivity contribution in [2.45, 2.75) is 44.4 Å². The van der Waals surface area contributed by atoms with Gasteiger partial charge in [0.1, 0.15) is 11.3 Å². The normalized spacial score (nSPS) is 15.4. The number of nitrogens with zero attached hydrogens (tertiary/aromatic N) is 6. The fourth-order valence-corrected chi connectivity index (χ4v) is 6.35. The average Bonchev–Trinajstić information content (AvgIpc) is 3.31. The van der Waals surface area contributed by atoms with Crippen LogP contribution in [-0.4, -0.2) is 72.8 Å². The number of amides is 2. The summed E-state index contributed by atoms with van der Waals surface area (Å²) < 4.78 is 15.5. The topological polar surface area (TPSA) is 84.2 Å². The van der Waals surface area contributed by atoms with Crippen LogP contribution in [0, 0.1) is 12.7 Å². The Morgan fingerprint density at radius 1 is 1.00 bits per heavy atom. The summed E-state index contributed by atoms with van der Waals surface area (Å²) in [5.74, 6) is 0.256. The van der Waals surface area contributed by atoms with Gasteiger partial charge in [0.05, 0.1) is 5.52 Å². The quantitative estimate of drug-likeness (QED) is 0.168. The second-order valence-corrected chi connectivity index (χ2v) is 12.1. The summed E-state index contributed by atoms with van der Waals surface area (Å²) in [4.78, 5) is 34.4. The van der Waals surface area contributed by atoms with Gasteiger partial charge >= 0.3 is 0 Å². The van der Waals surface area contributed by atoms with Gasteiger partial charge < -0.3 is 14.4 Å². The summed E-state index contributed by atoms with van der Waals surface area (Å²) in [5.41, 5.74) is 5.47. The van der Waals surface area contributed by atoms with Crippen molar-refractivity contribution in [1.29, 1.82) is 0 Å². The molecule has 1 aliphatic rings. The first kappa shape index (κ1) is 28.8. The van der Waals surface area contributed by atoms with Gasteiger partial charge in [0, 0.05) is 55.3 Å². The van der Waals surface area contributed by atoms with Gasteiger partial charge in [-0.05, 0) is 62.2 Å². The van der Waals surface area contributed by atoms with E-state index in [9.17, 15) is 14.0 Å². The van der Waals surface area contributed by atoms with Crippen LogP contribution in [0.5, 0.6) is 0 Å². The number of thioether (sulfide) groups is 1. The molecule has 0 aliphatic carbocycles. The van der Waals surface area contributed by atoms with Gasteiger partial charge in [-0.2, -0.15) is 0 Å². The van der Waals surface area contributed by atoms with E-state index in [0.29, 0.717) is 55.5 Å². The highest BCUT2D eigenvalue weighted by atomic mass is 32.2. The highest BCUT2D eigenvalue weighted by Gasteiger charge is 2.30. The van der Waals surface area contributed by atoms with Crippen molar-refractivity contribution in [3.8, 4) is 0 Å². The number of aromatic nitrogens is 4. The number of aryl methyl sites for hydroxylation is 1. The molecule has 0 radical (unpaired) electrons. The molecule has 0 N–H and O–H groups in total. The van der Waals surface area contributed by atoms with Gasteiger partial charge in [-0.1, -0.05) is 53.7 Å². The van der Waals surface area contributed by atoms with Gasteiger partial charge in [0.25, 0.3) is 5.91 Å². The van der Waals surface area contributed by atoms with Crippen LogP contribution in [0.3, 0.4) is 0 Å². The molecule has 1 aliphatic heterocycles. The number of piperazine rings is 1. The van der Waals surface area contributed by atoms with Gasteiger partial charge in [0.15, 0.2) is 5.65 Å². The van der Waals surface area contributed by atoms with E-state index in [4.69, 9.17) is 4.98 Å². The number of carbonyl (C=O) groups is 2. The molecule has 3 heterocycles. The van der Waals surface area contributed by atoms with Crippen molar-refractivity contribution in [2.75, 3.05) is 25.4 Å². The third-order valence-corrected chi connectivity index (χ3v) is 8.81. The number of carbonyl (C=O) groups excluding carboxylic acids is 2. The zero-order valence-corrected chi connectivity index (χ0v) is 25.1. The lowest BCUT2D eigenvalue weighted by atomic mass is 10.1. The first-order chi connectivity index (χ1) is 20.9. The molecule has 10 heteroatoms. The van der Waals surface area contributed by atoms with Crippen LogP contribution < -0.4 is 0 Å². The summed E-state index contributed by atoms with van der Waals surface area (Å²) in [6.45, 7) is 6.11. The maximum absolute atomic E-state index is 13.3. The van der Waals surface area contributed by atoms with Crippen LogP contribution in [0.4, 0.5) is 4.39 Å². The zero-order chi connectivity index (χ0) is 29.9. The summed E-state index contributed by atoms with van der Waals surface area (Å²) in [7, 11) is 0. The minimum Gasteiger partial charge on any atom is -0.339 e. The van der Waals surface area contributed by atoms with Gasteiger partial charge in [0.2, 0.25) is 11.1 Å². The molecule has 3 aromatic carbocycles. The van der Waals surface area contributed by atoms with Gasteiger partial charge in [-0.3, -0.25) is 9.59 Å². The van der Waals surface area contributed by atoms with E-state index < -0.39 is 0 Å². The maximum atomic E-state index is 13.3. The molecule has 0 saturated carbocycles. The largest absolute Gasteiger partial charge is 0.339 e. The zero-order valence-electron chi connectivity index (χ0n) is 24.2. The maximum Gasteiger partial charge on any atom is 0.254 e. The fraction of sp³-hybridized carbons (Fsp3) is 0.303. The minimum absolute atomic E-state index is 0.0779. The summed E-state index contributed by atoms with van der Waals surface area (Å²) >= 11 is 1.51.